The van der Waals surface area contributed by atoms with E-state index < -0.39 is 0 Å². The third-order valence-electron chi connectivity index (χ3n) is 3.97. The summed E-state index contributed by atoms with van der Waals surface area (Å²) in [6.45, 7) is 0.947. The van der Waals surface area contributed by atoms with Crippen LogP contribution in [0.5, 0.6) is 11.5 Å². The van der Waals surface area contributed by atoms with Gasteiger partial charge in [0, 0.05) is 23.4 Å². The molecule has 0 saturated heterocycles. The van der Waals surface area contributed by atoms with Crippen molar-refractivity contribution in [2.45, 2.75) is 24.1 Å². The number of hydrogen-bond acceptors (Lipinski definition) is 4. The van der Waals surface area contributed by atoms with E-state index in [0.29, 0.717) is 4.75 Å². The molecule has 6 heteroatoms. The van der Waals surface area contributed by atoms with Gasteiger partial charge in [0.1, 0.15) is 0 Å². The first-order valence-corrected chi connectivity index (χ1v) is 8.15. The van der Waals surface area contributed by atoms with Crippen LogP contribution in [0.1, 0.15) is 12.8 Å². The van der Waals surface area contributed by atoms with Crippen molar-refractivity contribution in [3.63, 3.8) is 0 Å². The number of imidazole rings is 1. The molecule has 1 aliphatic carbocycles. The number of benzene rings is 1. The van der Waals surface area contributed by atoms with Crippen molar-refractivity contribution in [3.05, 3.63) is 16.9 Å². The second kappa shape index (κ2) is 5.00. The van der Waals surface area contributed by atoms with Crippen molar-refractivity contribution >= 4 is 35.0 Å². The maximum atomic E-state index is 5.47. The largest absolute Gasteiger partial charge is 0.493 e. The van der Waals surface area contributed by atoms with Crippen LogP contribution < -0.4 is 9.47 Å². The fourth-order valence-electron chi connectivity index (χ4n) is 2.50. The van der Waals surface area contributed by atoms with Crippen molar-refractivity contribution in [2.75, 3.05) is 20.5 Å². The van der Waals surface area contributed by atoms with Crippen LogP contribution in [-0.2, 0) is 6.54 Å². The number of rotatable bonds is 5. The average Bonchev–Trinajstić information content (AvgIpc) is 3.18. The van der Waals surface area contributed by atoms with Crippen LogP contribution in [0.25, 0.3) is 11.0 Å². The van der Waals surface area contributed by atoms with Crippen molar-refractivity contribution in [3.8, 4) is 11.5 Å². The summed E-state index contributed by atoms with van der Waals surface area (Å²) in [5, 5.41) is 0. The van der Waals surface area contributed by atoms with E-state index in [0.717, 1.165) is 33.8 Å². The van der Waals surface area contributed by atoms with Crippen LogP contribution in [0.15, 0.2) is 12.1 Å². The van der Waals surface area contributed by atoms with Crippen LogP contribution in [0.4, 0.5) is 0 Å². The average molecular weight is 310 g/mol. The molecule has 1 aromatic carbocycles. The van der Waals surface area contributed by atoms with E-state index in [9.17, 15) is 0 Å². The summed E-state index contributed by atoms with van der Waals surface area (Å²) in [6, 6.07) is 3.94. The zero-order valence-corrected chi connectivity index (χ0v) is 13.5. The molecule has 108 valence electrons. The number of methoxy groups -OCH3 is 2. The van der Waals surface area contributed by atoms with Gasteiger partial charge in [-0.25, -0.2) is 0 Å². The number of ether oxygens (including phenoxy) is 2. The second-order valence-electron chi connectivity index (χ2n) is 5.13. The van der Waals surface area contributed by atoms with Crippen LogP contribution in [-0.4, -0.2) is 34.8 Å². The molecule has 0 amide bonds. The van der Waals surface area contributed by atoms with Crippen molar-refractivity contribution < 1.29 is 9.47 Å². The standard InChI is InChI=1S/C14H18N2O2S2/c1-17-11-6-9-10(7-12(11)18-2)16(13(19)15-9)8-14(20-3)4-5-14/h6-7H,4-5,8H2,1-3H3,(H,15,19). The summed E-state index contributed by atoms with van der Waals surface area (Å²) in [4.78, 5) is 3.26. The number of H-pyrrole nitrogens is 1. The molecule has 20 heavy (non-hydrogen) atoms. The van der Waals surface area contributed by atoms with Crippen molar-refractivity contribution in [1.29, 1.82) is 0 Å². The molecule has 1 fully saturated rings. The Bertz CT molecular complexity index is 701. The summed E-state index contributed by atoms with van der Waals surface area (Å²) in [7, 11) is 3.29. The Morgan fingerprint density at radius 1 is 1.30 bits per heavy atom. The van der Waals surface area contributed by atoms with Gasteiger partial charge in [-0.05, 0) is 31.3 Å². The summed E-state index contributed by atoms with van der Waals surface area (Å²) in [5.74, 6) is 1.45. The minimum atomic E-state index is 0.362. The number of thioether (sulfide) groups is 1. The molecule has 1 aliphatic rings. The molecule has 1 saturated carbocycles. The SMILES string of the molecule is COc1cc2[nH]c(=S)n(CC3(SC)CC3)c2cc1OC. The molecular formula is C14H18N2O2S2. The molecule has 0 atom stereocenters. The van der Waals surface area contributed by atoms with E-state index >= 15 is 0 Å². The molecule has 0 spiro atoms. The van der Waals surface area contributed by atoms with Crippen molar-refractivity contribution in [1.82, 2.24) is 9.55 Å². The topological polar surface area (TPSA) is 39.2 Å². The highest BCUT2D eigenvalue weighted by Gasteiger charge is 2.42. The van der Waals surface area contributed by atoms with Gasteiger partial charge in [0.25, 0.3) is 0 Å². The van der Waals surface area contributed by atoms with E-state index in [1.54, 1.807) is 14.2 Å². The van der Waals surface area contributed by atoms with Gasteiger partial charge in [-0.15, -0.1) is 0 Å². The number of aromatic amines is 1. The third-order valence-corrected chi connectivity index (χ3v) is 5.69. The molecule has 0 radical (unpaired) electrons. The fourth-order valence-corrected chi connectivity index (χ4v) is 3.54. The zero-order valence-electron chi connectivity index (χ0n) is 11.9. The van der Waals surface area contributed by atoms with Crippen molar-refractivity contribution in [2.24, 2.45) is 0 Å². The molecule has 0 unspecified atom stereocenters. The van der Waals surface area contributed by atoms with E-state index in [1.807, 2.05) is 23.9 Å². The Balaban J connectivity index is 2.12. The number of fused-ring (bicyclic) bond motifs is 1. The van der Waals surface area contributed by atoms with E-state index in [1.165, 1.54) is 12.8 Å². The van der Waals surface area contributed by atoms with Gasteiger partial charge in [-0.3, -0.25) is 0 Å². The molecule has 2 aromatic rings. The Morgan fingerprint density at radius 3 is 2.50 bits per heavy atom. The molecule has 4 nitrogen and oxygen atoms in total. The first-order chi connectivity index (χ1) is 9.62. The lowest BCUT2D eigenvalue weighted by Crippen LogP contribution is -2.13. The minimum absolute atomic E-state index is 0.362. The molecule has 1 heterocycles. The lowest BCUT2D eigenvalue weighted by atomic mass is 10.2. The zero-order chi connectivity index (χ0) is 14.3. The maximum Gasteiger partial charge on any atom is 0.178 e. The number of nitrogens with zero attached hydrogens (tertiary/aromatic N) is 1. The van der Waals surface area contributed by atoms with Crippen LogP contribution >= 0.6 is 24.0 Å². The summed E-state index contributed by atoms with van der Waals surface area (Å²) in [6.07, 6.45) is 4.70. The summed E-state index contributed by atoms with van der Waals surface area (Å²) >= 11 is 7.41. The smallest absolute Gasteiger partial charge is 0.178 e. The molecule has 3 rings (SSSR count). The Kier molecular flexibility index (Phi) is 3.46. The van der Waals surface area contributed by atoms with E-state index in [-0.39, 0.29) is 0 Å². The molecular weight excluding hydrogens is 292 g/mol. The van der Waals surface area contributed by atoms with Crippen LogP contribution in [0.2, 0.25) is 0 Å². The van der Waals surface area contributed by atoms with Gasteiger partial charge in [0.15, 0.2) is 16.3 Å². The Labute approximate surface area is 127 Å². The Hall–Kier alpha value is -1.14. The summed E-state index contributed by atoms with van der Waals surface area (Å²) in [5.41, 5.74) is 2.07. The van der Waals surface area contributed by atoms with Gasteiger partial charge in [0.05, 0.1) is 25.3 Å². The number of hydrogen-bond donors (Lipinski definition) is 1. The fraction of sp³-hybridized carbons (Fsp3) is 0.500. The van der Waals surface area contributed by atoms with Gasteiger partial charge in [-0.1, -0.05) is 0 Å². The Morgan fingerprint density at radius 2 is 1.95 bits per heavy atom. The lowest BCUT2D eigenvalue weighted by Gasteiger charge is -2.14. The summed E-state index contributed by atoms with van der Waals surface area (Å²) < 4.78 is 14.0. The maximum absolute atomic E-state index is 5.47. The highest BCUT2D eigenvalue weighted by atomic mass is 32.2. The third kappa shape index (κ3) is 2.20. The second-order valence-corrected chi connectivity index (χ2v) is 6.79. The number of nitrogens with one attached hydrogen (secondary N) is 1. The number of aromatic nitrogens is 2. The minimum Gasteiger partial charge on any atom is -0.493 e. The molecule has 0 bridgehead atoms. The van der Waals surface area contributed by atoms with Gasteiger partial charge in [0.2, 0.25) is 0 Å². The van der Waals surface area contributed by atoms with E-state index in [4.69, 9.17) is 21.7 Å². The predicted molar refractivity (Wildman–Crippen MR) is 85.7 cm³/mol. The highest BCUT2D eigenvalue weighted by Crippen LogP contribution is 2.49. The molecule has 0 aliphatic heterocycles. The normalized spacial score (nSPS) is 16.4. The van der Waals surface area contributed by atoms with Gasteiger partial charge in [-0.2, -0.15) is 11.8 Å². The first kappa shape index (κ1) is 13.8. The highest BCUT2D eigenvalue weighted by molar-refractivity contribution is 8.00. The predicted octanol–water partition coefficient (Wildman–Crippen LogP) is 3.61. The van der Waals surface area contributed by atoms with E-state index in [2.05, 4.69) is 15.8 Å². The quantitative estimate of drug-likeness (QED) is 0.856. The molecule has 1 aromatic heterocycles. The van der Waals surface area contributed by atoms with Crippen LogP contribution in [0.3, 0.4) is 0 Å². The first-order valence-electron chi connectivity index (χ1n) is 6.52. The molecule has 1 N–H and O–H groups in total. The van der Waals surface area contributed by atoms with Crippen LogP contribution in [0, 0.1) is 4.77 Å². The van der Waals surface area contributed by atoms with Gasteiger partial charge < -0.3 is 19.0 Å². The monoisotopic (exact) mass is 310 g/mol. The lowest BCUT2D eigenvalue weighted by molar-refractivity contribution is 0.355. The van der Waals surface area contributed by atoms with Gasteiger partial charge >= 0.3 is 0 Å².